The molecule has 24 heavy (non-hydrogen) atoms. The molecular weight excluding hydrogens is 304 g/mol. The highest BCUT2D eigenvalue weighted by Gasteiger charge is 2.31. The van der Waals surface area contributed by atoms with Gasteiger partial charge in [0.15, 0.2) is 6.04 Å². The molecule has 0 radical (unpaired) electrons. The van der Waals surface area contributed by atoms with Gasteiger partial charge in [-0.25, -0.2) is 0 Å². The van der Waals surface area contributed by atoms with Crippen molar-refractivity contribution >= 4 is 17.5 Å². The van der Waals surface area contributed by atoms with Gasteiger partial charge in [0.1, 0.15) is 26.2 Å². The van der Waals surface area contributed by atoms with E-state index in [1.54, 1.807) is 7.05 Å². The fraction of sp³-hybridized carbons (Fsp3) is 0.556. The summed E-state index contributed by atoms with van der Waals surface area (Å²) in [6.07, 6.45) is 0. The maximum Gasteiger partial charge on any atom is 0.280 e. The first-order valence-electron chi connectivity index (χ1n) is 8.64. The molecule has 6 nitrogen and oxygen atoms in total. The first-order valence-corrected chi connectivity index (χ1v) is 8.64. The van der Waals surface area contributed by atoms with E-state index in [9.17, 15) is 9.59 Å². The highest BCUT2D eigenvalue weighted by Crippen LogP contribution is 2.08. The number of carbonyl (C=O) groups is 2. The summed E-state index contributed by atoms with van der Waals surface area (Å²) in [6.45, 7) is 8.23. The molecule has 132 valence electrons. The monoisotopic (exact) mass is 334 g/mol. The predicted molar refractivity (Wildman–Crippen MR) is 94.2 cm³/mol. The van der Waals surface area contributed by atoms with Crippen LogP contribution in [0.1, 0.15) is 12.5 Å². The van der Waals surface area contributed by atoms with E-state index in [0.717, 1.165) is 37.4 Å². The number of hydrogen-bond acceptors (Lipinski definition) is 2. The summed E-state index contributed by atoms with van der Waals surface area (Å²) in [4.78, 5) is 29.1. The molecule has 1 saturated heterocycles. The van der Waals surface area contributed by atoms with Crippen molar-refractivity contribution < 1.29 is 19.4 Å². The number of hydrogen-bond donors (Lipinski definition) is 3. The largest absolute Gasteiger partial charge is 0.331 e. The minimum absolute atomic E-state index is 0.0311. The van der Waals surface area contributed by atoms with E-state index in [0.29, 0.717) is 0 Å². The molecule has 0 aliphatic carbocycles. The maximum absolute atomic E-state index is 12.6. The summed E-state index contributed by atoms with van der Waals surface area (Å²) in [5.74, 6) is -0.136. The van der Waals surface area contributed by atoms with Gasteiger partial charge in [0.2, 0.25) is 5.91 Å². The molecule has 1 aromatic carbocycles. The lowest BCUT2D eigenvalue weighted by Gasteiger charge is -2.32. The zero-order valence-electron chi connectivity index (χ0n) is 15.2. The number of carbonyl (C=O) groups excluding carboxylic acids is 2. The van der Waals surface area contributed by atoms with Crippen molar-refractivity contribution in [3.63, 3.8) is 0 Å². The number of amides is 2. The predicted octanol–water partition coefficient (Wildman–Crippen LogP) is -1.81. The molecule has 0 spiro atoms. The van der Waals surface area contributed by atoms with Crippen molar-refractivity contribution in [3.8, 4) is 0 Å². The molecule has 1 heterocycles. The van der Waals surface area contributed by atoms with E-state index in [2.05, 4.69) is 12.4 Å². The first kappa shape index (κ1) is 18.4. The Balaban J connectivity index is 1.83. The molecule has 1 fully saturated rings. The van der Waals surface area contributed by atoms with Crippen molar-refractivity contribution in [1.82, 2.24) is 4.90 Å². The van der Waals surface area contributed by atoms with Gasteiger partial charge in [-0.1, -0.05) is 17.7 Å². The van der Waals surface area contributed by atoms with Crippen LogP contribution in [0.2, 0.25) is 0 Å². The number of rotatable bonds is 5. The van der Waals surface area contributed by atoms with E-state index in [1.807, 2.05) is 38.1 Å². The Morgan fingerprint density at radius 1 is 1.17 bits per heavy atom. The Labute approximate surface area is 144 Å². The molecule has 1 aliphatic heterocycles. The molecule has 6 heteroatoms. The van der Waals surface area contributed by atoms with Crippen LogP contribution >= 0.6 is 0 Å². The summed E-state index contributed by atoms with van der Waals surface area (Å²) in [7, 11) is 3.89. The number of likely N-dealkylation sites (N-methyl/N-ethyl adjacent to an activating group) is 2. The van der Waals surface area contributed by atoms with Crippen LogP contribution in [0.4, 0.5) is 5.69 Å². The number of nitrogens with zero attached hydrogens (tertiary/aromatic N) is 1. The summed E-state index contributed by atoms with van der Waals surface area (Å²) >= 11 is 0. The second-order valence-electron chi connectivity index (χ2n) is 6.95. The van der Waals surface area contributed by atoms with Crippen LogP contribution in [0.15, 0.2) is 24.3 Å². The second kappa shape index (κ2) is 8.26. The molecule has 0 aromatic heterocycles. The molecule has 0 unspecified atom stereocenters. The molecule has 3 N–H and O–H groups in total. The number of nitrogens with one attached hydrogen (secondary N) is 3. The third-order valence-electron chi connectivity index (χ3n) is 4.82. The minimum Gasteiger partial charge on any atom is -0.331 e. The molecule has 1 aliphatic rings. The molecule has 2 rings (SSSR count). The Morgan fingerprint density at radius 2 is 1.75 bits per heavy atom. The van der Waals surface area contributed by atoms with Crippen molar-refractivity contribution in [3.05, 3.63) is 29.8 Å². The standard InChI is InChI=1S/C18H28N4O2/c1-14-5-7-16(8-6-14)19-17(23)13-21(4)18(24)15(2)22-11-9-20(3)10-12-22/h5-8,15H,9-13H2,1-4H3,(H,19,23)/p+2/t15-/m1/s1. The zero-order chi connectivity index (χ0) is 17.7. The molecule has 1 atom stereocenters. The smallest absolute Gasteiger partial charge is 0.280 e. The van der Waals surface area contributed by atoms with Gasteiger partial charge in [-0.15, -0.1) is 0 Å². The van der Waals surface area contributed by atoms with Crippen LogP contribution in [-0.4, -0.2) is 69.6 Å². The van der Waals surface area contributed by atoms with Crippen molar-refractivity contribution in [2.24, 2.45) is 0 Å². The summed E-state index contributed by atoms with van der Waals surface area (Å²) < 4.78 is 0. The van der Waals surface area contributed by atoms with Gasteiger partial charge in [-0.2, -0.15) is 0 Å². The highest BCUT2D eigenvalue weighted by molar-refractivity contribution is 5.94. The Hall–Kier alpha value is -1.92. The van der Waals surface area contributed by atoms with Crippen LogP contribution in [0, 0.1) is 6.92 Å². The average molecular weight is 334 g/mol. The molecule has 1 aromatic rings. The van der Waals surface area contributed by atoms with Gasteiger partial charge in [-0.05, 0) is 26.0 Å². The fourth-order valence-corrected chi connectivity index (χ4v) is 3.07. The van der Waals surface area contributed by atoms with Crippen LogP contribution in [0.5, 0.6) is 0 Å². The Morgan fingerprint density at radius 3 is 2.33 bits per heavy atom. The number of benzene rings is 1. The lowest BCUT2D eigenvalue weighted by molar-refractivity contribution is -1.01. The Kier molecular flexibility index (Phi) is 6.34. The fourth-order valence-electron chi connectivity index (χ4n) is 3.07. The zero-order valence-corrected chi connectivity index (χ0v) is 15.2. The van der Waals surface area contributed by atoms with Gasteiger partial charge in [-0.3, -0.25) is 9.59 Å². The van der Waals surface area contributed by atoms with Crippen LogP contribution in [0.3, 0.4) is 0 Å². The molecule has 2 amide bonds. The van der Waals surface area contributed by atoms with Crippen molar-refractivity contribution in [1.29, 1.82) is 0 Å². The first-order chi connectivity index (χ1) is 11.4. The van der Waals surface area contributed by atoms with Gasteiger partial charge in [0.05, 0.1) is 13.6 Å². The topological polar surface area (TPSA) is 58.3 Å². The summed E-state index contributed by atoms with van der Waals surface area (Å²) in [5, 5.41) is 2.84. The number of quaternary nitrogens is 2. The summed E-state index contributed by atoms with van der Waals surface area (Å²) in [5.41, 5.74) is 1.90. The quantitative estimate of drug-likeness (QED) is 0.595. The third kappa shape index (κ3) is 5.04. The van der Waals surface area contributed by atoms with Gasteiger partial charge in [0, 0.05) is 12.7 Å². The highest BCUT2D eigenvalue weighted by atomic mass is 16.2. The van der Waals surface area contributed by atoms with Crippen LogP contribution in [0.25, 0.3) is 0 Å². The van der Waals surface area contributed by atoms with Gasteiger partial charge in [0.25, 0.3) is 5.91 Å². The minimum atomic E-state index is -0.167. The average Bonchev–Trinajstić information content (AvgIpc) is 2.56. The second-order valence-corrected chi connectivity index (χ2v) is 6.95. The van der Waals surface area contributed by atoms with E-state index in [4.69, 9.17) is 0 Å². The van der Waals surface area contributed by atoms with Crippen molar-refractivity contribution in [2.45, 2.75) is 19.9 Å². The van der Waals surface area contributed by atoms with Crippen molar-refractivity contribution in [2.75, 3.05) is 52.1 Å². The summed E-state index contributed by atoms with van der Waals surface area (Å²) in [6, 6.07) is 7.54. The Bertz CT molecular complexity index is 565. The van der Waals surface area contributed by atoms with E-state index >= 15 is 0 Å². The SMILES string of the molecule is Cc1ccc(NC(=O)CN(C)C(=O)[C@@H](C)[NH+]2CC[NH+](C)CC2)cc1. The van der Waals surface area contributed by atoms with Crippen LogP contribution in [-0.2, 0) is 9.59 Å². The van der Waals surface area contributed by atoms with Gasteiger partial charge < -0.3 is 20.0 Å². The van der Waals surface area contributed by atoms with Gasteiger partial charge >= 0.3 is 0 Å². The number of aryl methyl sites for hydroxylation is 1. The molecule has 0 saturated carbocycles. The van der Waals surface area contributed by atoms with E-state index < -0.39 is 0 Å². The third-order valence-corrected chi connectivity index (χ3v) is 4.82. The number of piperazine rings is 1. The van der Waals surface area contributed by atoms with Crippen LogP contribution < -0.4 is 15.1 Å². The normalized spacial score (nSPS) is 21.8. The molecule has 0 bridgehead atoms. The van der Waals surface area contributed by atoms with E-state index in [-0.39, 0.29) is 24.4 Å². The van der Waals surface area contributed by atoms with E-state index in [1.165, 1.54) is 14.7 Å². The lowest BCUT2D eigenvalue weighted by Crippen LogP contribution is -3.29. The lowest BCUT2D eigenvalue weighted by atomic mass is 10.2. The number of anilines is 1. The molecular formula is C18H30N4O2+2. The maximum atomic E-state index is 12.6.